The summed E-state index contributed by atoms with van der Waals surface area (Å²) < 4.78 is 0. The van der Waals surface area contributed by atoms with Crippen molar-refractivity contribution in [3.8, 4) is 0 Å². The van der Waals surface area contributed by atoms with Gasteiger partial charge in [0.05, 0.1) is 0 Å². The number of urea groups is 1. The predicted octanol–water partition coefficient (Wildman–Crippen LogP) is 1.11. The Hall–Kier alpha value is -1.59. The second kappa shape index (κ2) is 5.81. The van der Waals surface area contributed by atoms with Crippen molar-refractivity contribution < 1.29 is 14.4 Å². The number of nitrogens with zero attached hydrogens (tertiary/aromatic N) is 2. The van der Waals surface area contributed by atoms with Gasteiger partial charge in [-0.3, -0.25) is 14.5 Å². The zero-order chi connectivity index (χ0) is 14.8. The SMILES string of the molecule is CC1(C)NC(=O)N(CCC(=O)N2CCCCCC2)C1=O. The van der Waals surface area contributed by atoms with Gasteiger partial charge in [0.1, 0.15) is 5.54 Å². The van der Waals surface area contributed by atoms with Gasteiger partial charge in [0.15, 0.2) is 0 Å². The highest BCUT2D eigenvalue weighted by atomic mass is 16.2. The van der Waals surface area contributed by atoms with E-state index in [0.29, 0.717) is 0 Å². The Morgan fingerprint density at radius 1 is 1.15 bits per heavy atom. The van der Waals surface area contributed by atoms with E-state index in [-0.39, 0.29) is 24.8 Å². The van der Waals surface area contributed by atoms with E-state index < -0.39 is 11.6 Å². The number of imide groups is 1. The van der Waals surface area contributed by atoms with Gasteiger partial charge in [-0.05, 0) is 26.7 Å². The summed E-state index contributed by atoms with van der Waals surface area (Å²) in [6, 6.07) is -0.399. The van der Waals surface area contributed by atoms with Crippen LogP contribution in [0.25, 0.3) is 0 Å². The molecule has 0 atom stereocenters. The lowest BCUT2D eigenvalue weighted by atomic mass is 10.1. The molecule has 20 heavy (non-hydrogen) atoms. The molecule has 6 nitrogen and oxygen atoms in total. The molecule has 0 aliphatic carbocycles. The second-order valence-corrected chi connectivity index (χ2v) is 6.06. The van der Waals surface area contributed by atoms with E-state index in [1.165, 1.54) is 12.8 Å². The van der Waals surface area contributed by atoms with E-state index in [0.717, 1.165) is 30.8 Å². The Balaban J connectivity index is 1.87. The molecule has 0 spiro atoms. The van der Waals surface area contributed by atoms with Crippen molar-refractivity contribution >= 4 is 17.8 Å². The third-order valence-corrected chi connectivity index (χ3v) is 3.95. The van der Waals surface area contributed by atoms with Gasteiger partial charge >= 0.3 is 6.03 Å². The third-order valence-electron chi connectivity index (χ3n) is 3.95. The van der Waals surface area contributed by atoms with Crippen molar-refractivity contribution in [2.75, 3.05) is 19.6 Å². The van der Waals surface area contributed by atoms with Gasteiger partial charge in [-0.25, -0.2) is 4.79 Å². The van der Waals surface area contributed by atoms with Crippen LogP contribution in [-0.2, 0) is 9.59 Å². The van der Waals surface area contributed by atoms with Crippen LogP contribution in [0.4, 0.5) is 4.79 Å². The summed E-state index contributed by atoms with van der Waals surface area (Å²) in [6.45, 7) is 5.10. The van der Waals surface area contributed by atoms with E-state index >= 15 is 0 Å². The van der Waals surface area contributed by atoms with Crippen molar-refractivity contribution in [1.82, 2.24) is 15.1 Å². The average molecular weight is 281 g/mol. The maximum Gasteiger partial charge on any atom is 0.325 e. The Bertz CT molecular complexity index is 412. The molecule has 2 heterocycles. The monoisotopic (exact) mass is 281 g/mol. The zero-order valence-corrected chi connectivity index (χ0v) is 12.3. The molecule has 1 N–H and O–H groups in total. The van der Waals surface area contributed by atoms with E-state index in [9.17, 15) is 14.4 Å². The molecule has 2 aliphatic heterocycles. The number of hydrogen-bond acceptors (Lipinski definition) is 3. The second-order valence-electron chi connectivity index (χ2n) is 6.06. The number of carbonyl (C=O) groups is 3. The van der Waals surface area contributed by atoms with Crippen LogP contribution in [0.3, 0.4) is 0 Å². The molecule has 2 saturated heterocycles. The summed E-state index contributed by atoms with van der Waals surface area (Å²) in [5.41, 5.74) is -0.858. The van der Waals surface area contributed by atoms with Gasteiger partial charge in [0.25, 0.3) is 5.91 Å². The molecule has 4 amide bonds. The van der Waals surface area contributed by atoms with Crippen molar-refractivity contribution in [3.05, 3.63) is 0 Å². The molecule has 0 saturated carbocycles. The first-order valence-corrected chi connectivity index (χ1v) is 7.34. The largest absolute Gasteiger partial charge is 0.343 e. The highest BCUT2D eigenvalue weighted by molar-refractivity contribution is 6.06. The van der Waals surface area contributed by atoms with Gasteiger partial charge in [0, 0.05) is 26.1 Å². The quantitative estimate of drug-likeness (QED) is 0.788. The number of likely N-dealkylation sites (tertiary alicyclic amines) is 1. The fraction of sp³-hybridized carbons (Fsp3) is 0.786. The molecule has 0 radical (unpaired) electrons. The van der Waals surface area contributed by atoms with Gasteiger partial charge in [0.2, 0.25) is 5.91 Å². The molecule has 0 aromatic carbocycles. The molecule has 0 aromatic rings. The number of amides is 4. The summed E-state index contributed by atoms with van der Waals surface area (Å²) >= 11 is 0. The van der Waals surface area contributed by atoms with Crippen LogP contribution in [-0.4, -0.2) is 52.8 Å². The van der Waals surface area contributed by atoms with Crippen LogP contribution >= 0.6 is 0 Å². The highest BCUT2D eigenvalue weighted by Crippen LogP contribution is 2.17. The average Bonchev–Trinajstić information content (AvgIpc) is 2.61. The smallest absolute Gasteiger partial charge is 0.325 e. The maximum atomic E-state index is 12.1. The van der Waals surface area contributed by atoms with E-state index in [1.54, 1.807) is 13.8 Å². The van der Waals surface area contributed by atoms with E-state index in [1.807, 2.05) is 4.90 Å². The predicted molar refractivity (Wildman–Crippen MR) is 74.0 cm³/mol. The number of nitrogens with one attached hydrogen (secondary N) is 1. The molecule has 0 bridgehead atoms. The van der Waals surface area contributed by atoms with Crippen LogP contribution in [0.15, 0.2) is 0 Å². The number of hydrogen-bond donors (Lipinski definition) is 1. The Kier molecular flexibility index (Phi) is 4.30. The van der Waals surface area contributed by atoms with E-state index in [2.05, 4.69) is 5.32 Å². The van der Waals surface area contributed by atoms with Crippen LogP contribution in [0.2, 0.25) is 0 Å². The first kappa shape index (κ1) is 14.8. The number of carbonyl (C=O) groups excluding carboxylic acids is 3. The minimum atomic E-state index is -0.858. The first-order valence-electron chi connectivity index (χ1n) is 7.34. The summed E-state index contributed by atoms with van der Waals surface area (Å²) in [6.07, 6.45) is 4.65. The highest BCUT2D eigenvalue weighted by Gasteiger charge is 2.44. The topological polar surface area (TPSA) is 69.7 Å². The molecule has 112 valence electrons. The summed E-state index contributed by atoms with van der Waals surface area (Å²) in [7, 11) is 0. The molecule has 6 heteroatoms. The summed E-state index contributed by atoms with van der Waals surface area (Å²) in [5.74, 6) is -0.219. The van der Waals surface area contributed by atoms with Crippen LogP contribution in [0.1, 0.15) is 46.0 Å². The fourth-order valence-electron chi connectivity index (χ4n) is 2.71. The van der Waals surface area contributed by atoms with Gasteiger partial charge < -0.3 is 10.2 Å². The van der Waals surface area contributed by atoms with Crippen molar-refractivity contribution in [2.24, 2.45) is 0 Å². The fourth-order valence-corrected chi connectivity index (χ4v) is 2.71. The Labute approximate surface area is 119 Å². The summed E-state index contributed by atoms with van der Waals surface area (Å²) in [5, 5.41) is 2.62. The lowest BCUT2D eigenvalue weighted by Crippen LogP contribution is -2.41. The van der Waals surface area contributed by atoms with Crippen molar-refractivity contribution in [3.63, 3.8) is 0 Å². The lowest BCUT2D eigenvalue weighted by Gasteiger charge is -2.21. The van der Waals surface area contributed by atoms with Gasteiger partial charge in [-0.1, -0.05) is 12.8 Å². The van der Waals surface area contributed by atoms with Crippen LogP contribution in [0.5, 0.6) is 0 Å². The lowest BCUT2D eigenvalue weighted by molar-refractivity contribution is -0.133. The molecule has 2 rings (SSSR count). The Morgan fingerprint density at radius 3 is 2.25 bits per heavy atom. The molecular weight excluding hydrogens is 258 g/mol. The van der Waals surface area contributed by atoms with Crippen molar-refractivity contribution in [2.45, 2.75) is 51.5 Å². The van der Waals surface area contributed by atoms with Crippen LogP contribution in [0, 0.1) is 0 Å². The van der Waals surface area contributed by atoms with E-state index in [4.69, 9.17) is 0 Å². The molecule has 0 aromatic heterocycles. The third kappa shape index (κ3) is 3.11. The van der Waals surface area contributed by atoms with Gasteiger partial charge in [-0.2, -0.15) is 0 Å². The molecule has 2 aliphatic rings. The standard InChI is InChI=1S/C14H23N3O3/c1-14(2)12(19)17(13(20)15-14)10-7-11(18)16-8-5-3-4-6-9-16/h3-10H2,1-2H3,(H,15,20). The van der Waals surface area contributed by atoms with Gasteiger partial charge in [-0.15, -0.1) is 0 Å². The maximum absolute atomic E-state index is 12.1. The van der Waals surface area contributed by atoms with Crippen LogP contribution < -0.4 is 5.32 Å². The minimum Gasteiger partial charge on any atom is -0.343 e. The zero-order valence-electron chi connectivity index (χ0n) is 12.3. The van der Waals surface area contributed by atoms with Crippen molar-refractivity contribution in [1.29, 1.82) is 0 Å². The Morgan fingerprint density at radius 2 is 1.75 bits per heavy atom. The first-order chi connectivity index (χ1) is 9.42. The molecular formula is C14H23N3O3. The summed E-state index contributed by atoms with van der Waals surface area (Å²) in [4.78, 5) is 38.9. The normalized spacial score (nSPS) is 22.7. The molecule has 0 unspecified atom stereocenters. The molecule has 2 fully saturated rings. The minimum absolute atomic E-state index is 0.0391. The number of rotatable bonds is 3.